The summed E-state index contributed by atoms with van der Waals surface area (Å²) in [5.74, 6) is 2.34. The predicted octanol–water partition coefficient (Wildman–Crippen LogP) is 3.58. The summed E-state index contributed by atoms with van der Waals surface area (Å²) in [6.45, 7) is 5.70. The number of pyridine rings is 1. The molecule has 0 spiro atoms. The van der Waals surface area contributed by atoms with Crippen LogP contribution in [0.2, 0.25) is 0 Å². The molecule has 1 heterocycles. The molecule has 2 aromatic rings. The molecule has 0 bridgehead atoms. The van der Waals surface area contributed by atoms with E-state index in [1.165, 1.54) is 16.7 Å². The Morgan fingerprint density at radius 2 is 1.79 bits per heavy atom. The molecule has 0 aliphatic carbocycles. The molecule has 2 rings (SSSR count). The summed E-state index contributed by atoms with van der Waals surface area (Å²) in [6.07, 6.45) is 4.66. The van der Waals surface area contributed by atoms with Gasteiger partial charge in [-0.05, 0) is 60.7 Å². The number of nitrogens with zero attached hydrogens (tertiary/aromatic N) is 3. The Morgan fingerprint density at radius 1 is 1.11 bits per heavy atom. The summed E-state index contributed by atoms with van der Waals surface area (Å²) in [5.41, 5.74) is 4.83. The van der Waals surface area contributed by atoms with Crippen LogP contribution in [0.4, 0.5) is 0 Å². The molecule has 7 heteroatoms. The minimum atomic E-state index is 0. The van der Waals surface area contributed by atoms with Crippen molar-refractivity contribution in [1.29, 1.82) is 0 Å². The van der Waals surface area contributed by atoms with E-state index in [4.69, 9.17) is 9.47 Å². The maximum atomic E-state index is 5.43. The zero-order valence-electron chi connectivity index (χ0n) is 17.6. The summed E-state index contributed by atoms with van der Waals surface area (Å²) in [5, 5.41) is 3.44. The molecule has 0 saturated carbocycles. The average Bonchev–Trinajstić information content (AvgIpc) is 2.67. The number of hydrogen-bond donors (Lipinski definition) is 1. The maximum absolute atomic E-state index is 5.43. The van der Waals surface area contributed by atoms with Crippen molar-refractivity contribution in [3.8, 4) is 11.5 Å². The van der Waals surface area contributed by atoms with E-state index < -0.39 is 0 Å². The Morgan fingerprint density at radius 3 is 2.39 bits per heavy atom. The molecule has 1 aromatic heterocycles. The third-order valence-corrected chi connectivity index (χ3v) is 4.64. The second-order valence-corrected chi connectivity index (χ2v) is 6.52. The molecule has 154 valence electrons. The van der Waals surface area contributed by atoms with Crippen molar-refractivity contribution < 1.29 is 9.47 Å². The smallest absolute Gasteiger partial charge is 0.193 e. The van der Waals surface area contributed by atoms with E-state index in [1.54, 1.807) is 21.3 Å². The van der Waals surface area contributed by atoms with Crippen molar-refractivity contribution in [2.24, 2.45) is 4.99 Å². The number of ether oxygens (including phenoxy) is 2. The van der Waals surface area contributed by atoms with Gasteiger partial charge in [0.2, 0.25) is 0 Å². The fourth-order valence-corrected chi connectivity index (χ4v) is 3.00. The van der Waals surface area contributed by atoms with E-state index in [-0.39, 0.29) is 24.0 Å². The molecular formula is C21H31IN4O2. The highest BCUT2D eigenvalue weighted by Crippen LogP contribution is 2.30. The molecule has 0 unspecified atom stereocenters. The number of nitrogens with one attached hydrogen (secondary N) is 1. The Kier molecular flexibility index (Phi) is 10.1. The fraction of sp³-hybridized carbons (Fsp3) is 0.429. The first-order chi connectivity index (χ1) is 13.0. The summed E-state index contributed by atoms with van der Waals surface area (Å²) >= 11 is 0. The van der Waals surface area contributed by atoms with Gasteiger partial charge in [-0.3, -0.25) is 9.98 Å². The average molecular weight is 498 g/mol. The zero-order valence-corrected chi connectivity index (χ0v) is 19.9. The van der Waals surface area contributed by atoms with Crippen LogP contribution in [-0.4, -0.2) is 50.7 Å². The van der Waals surface area contributed by atoms with Gasteiger partial charge in [-0.15, -0.1) is 24.0 Å². The molecule has 0 aliphatic rings. The van der Waals surface area contributed by atoms with E-state index in [1.807, 2.05) is 31.6 Å². The van der Waals surface area contributed by atoms with Crippen LogP contribution in [0.3, 0.4) is 0 Å². The van der Waals surface area contributed by atoms with Crippen LogP contribution in [0.1, 0.15) is 22.3 Å². The lowest BCUT2D eigenvalue weighted by atomic mass is 10.1. The molecule has 0 radical (unpaired) electrons. The highest BCUT2D eigenvalue weighted by molar-refractivity contribution is 14.0. The molecule has 0 saturated heterocycles. The van der Waals surface area contributed by atoms with Crippen LogP contribution >= 0.6 is 24.0 Å². The highest BCUT2D eigenvalue weighted by Gasteiger charge is 2.12. The van der Waals surface area contributed by atoms with Gasteiger partial charge in [-0.25, -0.2) is 0 Å². The number of aliphatic imine (C=N–C) groups is 1. The normalized spacial score (nSPS) is 10.9. The standard InChI is InChI=1S/C21H30N4O2.HI/c1-15-11-19(26-5)20(27-6)12-18(15)14-25(4)21(22-3)24-10-8-17-7-9-23-13-16(17)2;/h7,9,11-13H,8,10,14H2,1-6H3,(H,22,24);1H. The van der Waals surface area contributed by atoms with Crippen LogP contribution in [0.5, 0.6) is 11.5 Å². The fourth-order valence-electron chi connectivity index (χ4n) is 3.00. The molecule has 0 fully saturated rings. The Labute approximate surface area is 185 Å². The summed E-state index contributed by atoms with van der Waals surface area (Å²) in [4.78, 5) is 10.7. The minimum Gasteiger partial charge on any atom is -0.493 e. The number of aryl methyl sites for hydroxylation is 2. The largest absolute Gasteiger partial charge is 0.493 e. The van der Waals surface area contributed by atoms with Crippen molar-refractivity contribution in [2.45, 2.75) is 26.8 Å². The molecule has 0 atom stereocenters. The Hall–Kier alpha value is -2.03. The van der Waals surface area contributed by atoms with Gasteiger partial charge in [-0.1, -0.05) is 0 Å². The minimum absolute atomic E-state index is 0. The summed E-state index contributed by atoms with van der Waals surface area (Å²) in [7, 11) is 7.14. The lowest BCUT2D eigenvalue weighted by Gasteiger charge is -2.24. The molecule has 6 nitrogen and oxygen atoms in total. The second-order valence-electron chi connectivity index (χ2n) is 6.52. The quantitative estimate of drug-likeness (QED) is 0.360. The Balaban J connectivity index is 0.00000392. The van der Waals surface area contributed by atoms with Crippen molar-refractivity contribution in [3.63, 3.8) is 0 Å². The van der Waals surface area contributed by atoms with Gasteiger partial charge >= 0.3 is 0 Å². The SMILES string of the molecule is CN=C(NCCc1ccncc1C)N(C)Cc1cc(OC)c(OC)cc1C.I. The third kappa shape index (κ3) is 6.25. The molecule has 1 N–H and O–H groups in total. The molecule has 0 aliphatic heterocycles. The second kappa shape index (κ2) is 11.7. The monoisotopic (exact) mass is 498 g/mol. The molecule has 1 aromatic carbocycles. The van der Waals surface area contributed by atoms with Gasteiger partial charge in [0.15, 0.2) is 17.5 Å². The Bertz CT molecular complexity index is 796. The number of halogens is 1. The summed E-state index contributed by atoms with van der Waals surface area (Å²) in [6, 6.07) is 6.10. The van der Waals surface area contributed by atoms with Gasteiger partial charge < -0.3 is 19.7 Å². The third-order valence-electron chi connectivity index (χ3n) is 4.64. The van der Waals surface area contributed by atoms with Crippen molar-refractivity contribution >= 4 is 29.9 Å². The number of guanidine groups is 1. The van der Waals surface area contributed by atoms with Gasteiger partial charge in [0.25, 0.3) is 0 Å². The van der Waals surface area contributed by atoms with E-state index >= 15 is 0 Å². The number of aromatic nitrogens is 1. The number of hydrogen-bond acceptors (Lipinski definition) is 4. The van der Waals surface area contributed by atoms with E-state index in [9.17, 15) is 0 Å². The van der Waals surface area contributed by atoms with Crippen LogP contribution < -0.4 is 14.8 Å². The topological polar surface area (TPSA) is 59.0 Å². The number of methoxy groups -OCH3 is 2. The maximum Gasteiger partial charge on any atom is 0.193 e. The van der Waals surface area contributed by atoms with E-state index in [2.05, 4.69) is 40.1 Å². The lowest BCUT2D eigenvalue weighted by Crippen LogP contribution is -2.39. The summed E-state index contributed by atoms with van der Waals surface area (Å²) < 4.78 is 10.8. The zero-order chi connectivity index (χ0) is 19.8. The van der Waals surface area contributed by atoms with Crippen LogP contribution in [-0.2, 0) is 13.0 Å². The first-order valence-corrected chi connectivity index (χ1v) is 9.03. The van der Waals surface area contributed by atoms with Crippen molar-refractivity contribution in [2.75, 3.05) is 34.9 Å². The van der Waals surface area contributed by atoms with Gasteiger partial charge in [0.1, 0.15) is 0 Å². The van der Waals surface area contributed by atoms with Crippen molar-refractivity contribution in [3.05, 3.63) is 52.8 Å². The van der Waals surface area contributed by atoms with E-state index in [0.29, 0.717) is 0 Å². The molecular weight excluding hydrogens is 467 g/mol. The lowest BCUT2D eigenvalue weighted by molar-refractivity contribution is 0.353. The molecule has 28 heavy (non-hydrogen) atoms. The van der Waals surface area contributed by atoms with Crippen LogP contribution in [0.15, 0.2) is 35.6 Å². The first kappa shape index (κ1) is 24.0. The number of rotatable bonds is 7. The highest BCUT2D eigenvalue weighted by atomic mass is 127. The van der Waals surface area contributed by atoms with E-state index in [0.717, 1.165) is 42.5 Å². The number of benzene rings is 1. The van der Waals surface area contributed by atoms with Gasteiger partial charge in [0, 0.05) is 39.6 Å². The van der Waals surface area contributed by atoms with Crippen molar-refractivity contribution in [1.82, 2.24) is 15.2 Å². The predicted molar refractivity (Wildman–Crippen MR) is 125 cm³/mol. The van der Waals surface area contributed by atoms with Crippen LogP contribution in [0.25, 0.3) is 0 Å². The van der Waals surface area contributed by atoms with Gasteiger partial charge in [0.05, 0.1) is 14.2 Å². The first-order valence-electron chi connectivity index (χ1n) is 9.03. The van der Waals surface area contributed by atoms with Crippen LogP contribution in [0, 0.1) is 13.8 Å². The molecule has 0 amide bonds. The van der Waals surface area contributed by atoms with Gasteiger partial charge in [-0.2, -0.15) is 0 Å².